The maximum Gasteiger partial charge on any atom is 0.390 e. The van der Waals surface area contributed by atoms with Gasteiger partial charge in [-0.2, -0.15) is 18.3 Å². The summed E-state index contributed by atoms with van der Waals surface area (Å²) in [4.78, 5) is 11.4. The zero-order valence-corrected chi connectivity index (χ0v) is 9.16. The van der Waals surface area contributed by atoms with Gasteiger partial charge < -0.3 is 11.1 Å². The second kappa shape index (κ2) is 5.17. The molecule has 8 heteroatoms. The van der Waals surface area contributed by atoms with Crippen LogP contribution in [0.25, 0.3) is 0 Å². The maximum absolute atomic E-state index is 11.8. The van der Waals surface area contributed by atoms with Crippen LogP contribution >= 0.6 is 0 Å². The van der Waals surface area contributed by atoms with Gasteiger partial charge in [0.25, 0.3) is 0 Å². The van der Waals surface area contributed by atoms with Crippen LogP contribution in [0.15, 0.2) is 12.4 Å². The fourth-order valence-corrected chi connectivity index (χ4v) is 1.19. The molecule has 17 heavy (non-hydrogen) atoms. The van der Waals surface area contributed by atoms with E-state index in [2.05, 4.69) is 10.4 Å². The van der Waals surface area contributed by atoms with E-state index >= 15 is 0 Å². The van der Waals surface area contributed by atoms with E-state index in [1.165, 1.54) is 17.1 Å². The molecule has 1 amide bonds. The minimum absolute atomic E-state index is 0.456. The Balaban J connectivity index is 2.43. The SMILES string of the molecule is Cn1cc(C(N)C(=O)NCCC(F)(F)F)cn1. The van der Waals surface area contributed by atoms with Gasteiger partial charge in [-0.05, 0) is 0 Å². The van der Waals surface area contributed by atoms with Gasteiger partial charge in [0.1, 0.15) is 6.04 Å². The number of nitrogens with zero attached hydrogens (tertiary/aromatic N) is 2. The molecular weight excluding hydrogens is 237 g/mol. The predicted molar refractivity (Wildman–Crippen MR) is 53.8 cm³/mol. The number of rotatable bonds is 4. The first-order valence-electron chi connectivity index (χ1n) is 4.88. The van der Waals surface area contributed by atoms with Crippen LogP contribution in [0.3, 0.4) is 0 Å². The van der Waals surface area contributed by atoms with Crippen LogP contribution in [0.4, 0.5) is 13.2 Å². The van der Waals surface area contributed by atoms with Crippen LogP contribution in [0.2, 0.25) is 0 Å². The molecule has 0 spiro atoms. The smallest absolute Gasteiger partial charge is 0.354 e. The first kappa shape index (κ1) is 13.5. The third-order valence-electron chi connectivity index (χ3n) is 2.07. The van der Waals surface area contributed by atoms with Gasteiger partial charge in [-0.15, -0.1) is 0 Å². The number of aryl methyl sites for hydroxylation is 1. The van der Waals surface area contributed by atoms with Crippen molar-refractivity contribution in [3.05, 3.63) is 18.0 Å². The first-order chi connectivity index (χ1) is 7.79. The van der Waals surface area contributed by atoms with Crippen molar-refractivity contribution in [3.8, 4) is 0 Å². The molecule has 0 aliphatic heterocycles. The number of carbonyl (C=O) groups is 1. The van der Waals surface area contributed by atoms with E-state index in [0.717, 1.165) is 0 Å². The summed E-state index contributed by atoms with van der Waals surface area (Å²) in [5.74, 6) is -0.651. The van der Waals surface area contributed by atoms with Crippen LogP contribution < -0.4 is 11.1 Å². The summed E-state index contributed by atoms with van der Waals surface area (Å²) in [5, 5.41) is 5.94. The highest BCUT2D eigenvalue weighted by Gasteiger charge is 2.27. The summed E-state index contributed by atoms with van der Waals surface area (Å²) in [6, 6.07) is -1.00. The molecule has 0 radical (unpaired) electrons. The van der Waals surface area contributed by atoms with Gasteiger partial charge in [0.05, 0.1) is 12.6 Å². The molecule has 1 aromatic rings. The molecule has 0 saturated carbocycles. The molecule has 1 heterocycles. The standard InChI is InChI=1S/C9H13F3N4O/c1-16-5-6(4-15-16)7(13)8(17)14-3-2-9(10,11)12/h4-5,7H,2-3,13H2,1H3,(H,14,17). The molecule has 1 rings (SSSR count). The molecule has 0 aliphatic carbocycles. The van der Waals surface area contributed by atoms with Gasteiger partial charge in [0.15, 0.2) is 0 Å². The molecule has 3 N–H and O–H groups in total. The number of aromatic nitrogens is 2. The fourth-order valence-electron chi connectivity index (χ4n) is 1.19. The lowest BCUT2D eigenvalue weighted by molar-refractivity contribution is -0.135. The Morgan fingerprint density at radius 1 is 1.65 bits per heavy atom. The van der Waals surface area contributed by atoms with Gasteiger partial charge in [-0.1, -0.05) is 0 Å². The van der Waals surface area contributed by atoms with Crippen molar-refractivity contribution in [1.29, 1.82) is 0 Å². The molecule has 5 nitrogen and oxygen atoms in total. The monoisotopic (exact) mass is 250 g/mol. The van der Waals surface area contributed by atoms with E-state index in [9.17, 15) is 18.0 Å². The van der Waals surface area contributed by atoms with Crippen molar-refractivity contribution < 1.29 is 18.0 Å². The van der Waals surface area contributed by atoms with Gasteiger partial charge in [0, 0.05) is 25.4 Å². The van der Waals surface area contributed by atoms with Crippen LogP contribution in [0, 0.1) is 0 Å². The third kappa shape index (κ3) is 4.43. The van der Waals surface area contributed by atoms with Crippen molar-refractivity contribution in [3.63, 3.8) is 0 Å². The number of hydrogen-bond acceptors (Lipinski definition) is 3. The summed E-state index contributed by atoms with van der Waals surface area (Å²) in [6.07, 6.45) is -2.42. The van der Waals surface area contributed by atoms with E-state index in [1.54, 1.807) is 7.05 Å². The van der Waals surface area contributed by atoms with Crippen molar-refractivity contribution >= 4 is 5.91 Å². The lowest BCUT2D eigenvalue weighted by Crippen LogP contribution is -2.35. The molecule has 0 aliphatic rings. The molecule has 0 saturated heterocycles. The number of carbonyl (C=O) groups excluding carboxylic acids is 1. The Labute approximate surface area is 95.8 Å². The van der Waals surface area contributed by atoms with Crippen molar-refractivity contribution in [1.82, 2.24) is 15.1 Å². The lowest BCUT2D eigenvalue weighted by Gasteiger charge is -2.11. The number of amides is 1. The molecule has 1 atom stereocenters. The summed E-state index contributed by atoms with van der Waals surface area (Å²) < 4.78 is 37.0. The van der Waals surface area contributed by atoms with Crippen LogP contribution in [0.5, 0.6) is 0 Å². The average molecular weight is 250 g/mol. The van der Waals surface area contributed by atoms with Gasteiger partial charge in [-0.3, -0.25) is 9.48 Å². The quantitative estimate of drug-likeness (QED) is 0.816. The van der Waals surface area contributed by atoms with E-state index < -0.39 is 31.1 Å². The molecule has 1 aromatic heterocycles. The zero-order valence-electron chi connectivity index (χ0n) is 9.16. The minimum atomic E-state index is -4.29. The Morgan fingerprint density at radius 3 is 2.76 bits per heavy atom. The highest BCUT2D eigenvalue weighted by atomic mass is 19.4. The minimum Gasteiger partial charge on any atom is -0.354 e. The van der Waals surface area contributed by atoms with Crippen LogP contribution in [0.1, 0.15) is 18.0 Å². The summed E-state index contributed by atoms with van der Waals surface area (Å²) in [5.41, 5.74) is 6.01. The topological polar surface area (TPSA) is 72.9 Å². The second-order valence-electron chi connectivity index (χ2n) is 3.58. The maximum atomic E-state index is 11.8. The van der Waals surface area contributed by atoms with Crippen molar-refractivity contribution in [2.24, 2.45) is 12.8 Å². The van der Waals surface area contributed by atoms with E-state index in [4.69, 9.17) is 5.73 Å². The number of alkyl halides is 3. The lowest BCUT2D eigenvalue weighted by atomic mass is 10.1. The third-order valence-corrected chi connectivity index (χ3v) is 2.07. The highest BCUT2D eigenvalue weighted by molar-refractivity contribution is 5.82. The van der Waals surface area contributed by atoms with Crippen LogP contribution in [-0.4, -0.2) is 28.4 Å². The van der Waals surface area contributed by atoms with Gasteiger partial charge in [-0.25, -0.2) is 0 Å². The zero-order chi connectivity index (χ0) is 13.1. The molecular formula is C9H13F3N4O. The Kier molecular flexibility index (Phi) is 4.11. The van der Waals surface area contributed by atoms with Crippen molar-refractivity contribution in [2.45, 2.75) is 18.6 Å². The Bertz CT molecular complexity index is 388. The number of nitrogens with two attached hydrogens (primary N) is 1. The summed E-state index contributed by atoms with van der Waals surface area (Å²) >= 11 is 0. The average Bonchev–Trinajstić information content (AvgIpc) is 2.61. The predicted octanol–water partition coefficient (Wildman–Crippen LogP) is 0.488. The van der Waals surface area contributed by atoms with E-state index in [-0.39, 0.29) is 0 Å². The Hall–Kier alpha value is -1.57. The van der Waals surface area contributed by atoms with E-state index in [0.29, 0.717) is 5.56 Å². The number of hydrogen-bond donors (Lipinski definition) is 2. The molecule has 1 unspecified atom stereocenters. The van der Waals surface area contributed by atoms with Crippen molar-refractivity contribution in [2.75, 3.05) is 6.54 Å². The molecule has 0 bridgehead atoms. The van der Waals surface area contributed by atoms with E-state index in [1.807, 2.05) is 0 Å². The molecule has 0 aromatic carbocycles. The molecule has 0 fully saturated rings. The summed E-state index contributed by atoms with van der Waals surface area (Å²) in [6.45, 7) is -0.476. The second-order valence-corrected chi connectivity index (χ2v) is 3.58. The number of halogens is 3. The first-order valence-corrected chi connectivity index (χ1v) is 4.88. The normalized spacial score (nSPS) is 13.5. The van der Waals surface area contributed by atoms with Gasteiger partial charge >= 0.3 is 6.18 Å². The summed E-state index contributed by atoms with van der Waals surface area (Å²) in [7, 11) is 1.65. The largest absolute Gasteiger partial charge is 0.390 e. The van der Waals surface area contributed by atoms with Gasteiger partial charge in [0.2, 0.25) is 5.91 Å². The number of nitrogens with one attached hydrogen (secondary N) is 1. The fraction of sp³-hybridized carbons (Fsp3) is 0.556. The van der Waals surface area contributed by atoms with Crippen LogP contribution in [-0.2, 0) is 11.8 Å². The molecule has 96 valence electrons. The highest BCUT2D eigenvalue weighted by Crippen LogP contribution is 2.18. The Morgan fingerprint density at radius 2 is 2.29 bits per heavy atom.